The third kappa shape index (κ3) is 18.7. The van der Waals surface area contributed by atoms with Gasteiger partial charge in [-0.1, -0.05) is 97.1 Å². The summed E-state index contributed by atoms with van der Waals surface area (Å²) in [6, 6.07) is 27.8. The van der Waals surface area contributed by atoms with E-state index in [0.29, 0.717) is 47.5 Å². The zero-order chi connectivity index (χ0) is 66.2. The van der Waals surface area contributed by atoms with E-state index < -0.39 is 114 Å². The van der Waals surface area contributed by atoms with Gasteiger partial charge in [-0.05, 0) is 137 Å². The van der Waals surface area contributed by atoms with Gasteiger partial charge in [-0.15, -0.1) is 0 Å². The molecular formula is C70H86N6O15. The smallest absolute Gasteiger partial charge is 0.330 e. The molecule has 5 aromatic carbocycles. The number of hydrogen-bond acceptors (Lipinski definition) is 15. The predicted octanol–water partition coefficient (Wildman–Crippen LogP) is 7.46. The summed E-state index contributed by atoms with van der Waals surface area (Å²) < 4.78 is 35.2. The Labute approximate surface area is 532 Å². The Morgan fingerprint density at radius 3 is 2.09 bits per heavy atom. The quantitative estimate of drug-likeness (QED) is 0.102. The van der Waals surface area contributed by atoms with E-state index in [2.05, 4.69) is 10.6 Å². The molecule has 6 amide bonds. The van der Waals surface area contributed by atoms with Crippen LogP contribution in [0.5, 0.6) is 17.2 Å². The van der Waals surface area contributed by atoms with Gasteiger partial charge in [0.15, 0.2) is 18.1 Å². The number of carbonyl (C=O) groups is 9. The summed E-state index contributed by atoms with van der Waals surface area (Å²) in [5.74, 6) is -5.33. The number of fused-ring (bicyclic) bond motifs is 4. The maximum absolute atomic E-state index is 15.2. The van der Waals surface area contributed by atoms with Gasteiger partial charge < -0.3 is 58.7 Å². The van der Waals surface area contributed by atoms with Crippen LogP contribution < -0.4 is 24.8 Å². The number of esters is 2. The Balaban J connectivity index is 1.22. The lowest BCUT2D eigenvalue weighted by atomic mass is 9.87. The Morgan fingerprint density at radius 2 is 1.37 bits per heavy atom. The third-order valence-corrected chi connectivity index (χ3v) is 16.4. The Hall–Kier alpha value is -9.11. The summed E-state index contributed by atoms with van der Waals surface area (Å²) in [5, 5.41) is 7.63. The van der Waals surface area contributed by atoms with Crippen molar-refractivity contribution in [3.63, 3.8) is 0 Å². The summed E-state index contributed by atoms with van der Waals surface area (Å²) in [7, 11) is 7.45. The lowest BCUT2D eigenvalue weighted by molar-refractivity contribution is -0.165. The van der Waals surface area contributed by atoms with Gasteiger partial charge in [0.1, 0.15) is 48.7 Å². The number of likely N-dealkylation sites (N-methyl/N-ethyl adjacent to an activating group) is 3. The van der Waals surface area contributed by atoms with Gasteiger partial charge >= 0.3 is 11.9 Å². The summed E-state index contributed by atoms with van der Waals surface area (Å²) >= 11 is 0. The molecule has 2 N–H and O–H groups in total. The van der Waals surface area contributed by atoms with Gasteiger partial charge in [-0.3, -0.25) is 33.6 Å². The van der Waals surface area contributed by atoms with E-state index in [9.17, 15) is 38.4 Å². The van der Waals surface area contributed by atoms with Crippen molar-refractivity contribution in [1.82, 2.24) is 30.2 Å². The second-order valence-electron chi connectivity index (χ2n) is 24.7. The van der Waals surface area contributed by atoms with Crippen LogP contribution in [0.25, 0.3) is 10.8 Å². The first-order valence-corrected chi connectivity index (χ1v) is 30.7. The fraction of sp³-hybridized carbons (Fsp3) is 0.443. The highest BCUT2D eigenvalue weighted by Gasteiger charge is 2.43. The van der Waals surface area contributed by atoms with Gasteiger partial charge in [-0.2, -0.15) is 0 Å². The van der Waals surface area contributed by atoms with Crippen molar-refractivity contribution in [3.8, 4) is 17.2 Å². The number of piperidine rings is 1. The number of nitrogens with zero attached hydrogens (tertiary/aromatic N) is 4. The molecule has 21 nitrogen and oxygen atoms in total. The molecule has 2 heterocycles. The number of nitrogens with one attached hydrogen (secondary N) is 2. The van der Waals surface area contributed by atoms with E-state index in [1.807, 2.05) is 54.6 Å². The summed E-state index contributed by atoms with van der Waals surface area (Å²) in [5.41, 5.74) is 0.134. The molecule has 5 aromatic rings. The van der Waals surface area contributed by atoms with Crippen molar-refractivity contribution in [2.45, 2.75) is 128 Å². The fourth-order valence-corrected chi connectivity index (χ4v) is 10.6. The molecule has 91 heavy (non-hydrogen) atoms. The van der Waals surface area contributed by atoms with Crippen molar-refractivity contribution in [2.75, 3.05) is 68.3 Å². The first-order valence-electron chi connectivity index (χ1n) is 30.7. The molecule has 0 radical (unpaired) electrons. The molecular weight excluding hydrogens is 1160 g/mol. The van der Waals surface area contributed by atoms with E-state index in [4.69, 9.17) is 28.4 Å². The van der Waals surface area contributed by atoms with Crippen molar-refractivity contribution in [3.05, 3.63) is 150 Å². The van der Waals surface area contributed by atoms with Crippen LogP contribution in [0.1, 0.15) is 108 Å². The number of amides is 6. The molecule has 2 aliphatic heterocycles. The van der Waals surface area contributed by atoms with Gasteiger partial charge in [0, 0.05) is 46.7 Å². The van der Waals surface area contributed by atoms with Crippen LogP contribution in [0, 0.1) is 5.41 Å². The SMILES string of the molecule is COc1ccc(CC[C@H]2OC(=O)[C@@H]3CCCCN3C(=O)C(=O)C(C)(C)COC(=O)/C=C\CCN(C)C(=O)C(c3ccccc3)NC(=O)[C@H](COC(C)(C)C)N(C)C(=O)[C@H](Cc3ccc4ccccc4c3)NC(=O)[C@H](C)N(C)C(=O)COc3cccc2c3)cc1OC. The minimum atomic E-state index is -1.52. The molecule has 0 aromatic heterocycles. The van der Waals surface area contributed by atoms with Gasteiger partial charge in [0.2, 0.25) is 29.4 Å². The van der Waals surface area contributed by atoms with Crippen molar-refractivity contribution in [2.24, 2.45) is 5.41 Å². The number of Topliss-reactive ketones (excluding diaryl/α,β-unsaturated/α-hetero) is 1. The van der Waals surface area contributed by atoms with Gasteiger partial charge in [0.25, 0.3) is 11.8 Å². The maximum Gasteiger partial charge on any atom is 0.330 e. The Morgan fingerprint density at radius 1 is 0.681 bits per heavy atom. The molecule has 0 saturated carbocycles. The second-order valence-corrected chi connectivity index (χ2v) is 24.7. The zero-order valence-corrected chi connectivity index (χ0v) is 54.0. The number of benzene rings is 5. The zero-order valence-electron chi connectivity index (χ0n) is 54.0. The number of ketones is 1. The second kappa shape index (κ2) is 31.6. The molecule has 1 unspecified atom stereocenters. The maximum atomic E-state index is 15.2. The molecule has 0 aliphatic carbocycles. The molecule has 1 saturated heterocycles. The standard InChI is InChI=1S/C70H86N6O15/c1-45-63(80)71-53(39-47-30-33-48-22-15-16-25-50(48)38-47)65(82)75(9)55(42-90-69(2,3)4)64(81)72-61(49-23-13-12-14-24-49)66(83)73(7)36-19-18-29-60(78)89-44-70(5,6)62(79)67(84)76-37-20-17-28-54(76)68(85)91-56(34-31-46-32-35-57(86-10)58(40-46)87-11)51-26-21-27-52(41-51)88-43-59(77)74(45)8/h12-16,18,21-27,29-30,32-33,35,38,40-41,45,53-56,61H,17,19-20,28,31,34,36-37,39,42-44H2,1-11H3,(H,71,80)(H,72,81)/b29-18-/t45-,53-,54-,55-,56+,61?/m0/s1. The molecule has 7 rings (SSSR count). The number of ether oxygens (including phenoxy) is 6. The highest BCUT2D eigenvalue weighted by molar-refractivity contribution is 6.38. The van der Waals surface area contributed by atoms with Crippen LogP contribution >= 0.6 is 0 Å². The minimum Gasteiger partial charge on any atom is -0.493 e. The Kier molecular flexibility index (Phi) is 24.1. The van der Waals surface area contributed by atoms with E-state index >= 15 is 4.79 Å². The fourth-order valence-electron chi connectivity index (χ4n) is 10.6. The van der Waals surface area contributed by atoms with E-state index in [1.165, 1.54) is 81.8 Å². The molecule has 2 aliphatic rings. The van der Waals surface area contributed by atoms with Gasteiger partial charge in [0.05, 0.1) is 31.8 Å². The summed E-state index contributed by atoms with van der Waals surface area (Å²) in [4.78, 5) is 134. The lowest BCUT2D eigenvalue weighted by Crippen LogP contribution is -2.59. The van der Waals surface area contributed by atoms with Crippen LogP contribution in [0.3, 0.4) is 0 Å². The van der Waals surface area contributed by atoms with Crippen LogP contribution in [-0.2, 0) is 70.2 Å². The number of hydrogen-bond donors (Lipinski definition) is 2. The first kappa shape index (κ1) is 69.4. The monoisotopic (exact) mass is 1250 g/mol. The Bertz CT molecular complexity index is 3450. The van der Waals surface area contributed by atoms with Crippen LogP contribution in [0.4, 0.5) is 0 Å². The van der Waals surface area contributed by atoms with E-state index in [-0.39, 0.29) is 51.1 Å². The summed E-state index contributed by atoms with van der Waals surface area (Å²) in [6.07, 6.45) is 3.73. The molecule has 0 spiro atoms. The largest absolute Gasteiger partial charge is 0.493 e. The van der Waals surface area contributed by atoms with Crippen LogP contribution in [0.2, 0.25) is 0 Å². The molecule has 6 atom stereocenters. The minimum absolute atomic E-state index is 0.0283. The average Bonchev–Trinajstić information content (AvgIpc) is 1.20. The highest BCUT2D eigenvalue weighted by Crippen LogP contribution is 2.33. The third-order valence-electron chi connectivity index (χ3n) is 16.4. The molecule has 2 bridgehead atoms. The number of rotatable bonds is 10. The van der Waals surface area contributed by atoms with E-state index in [1.54, 1.807) is 81.4 Å². The number of cyclic esters (lactones) is 2. The number of carbonyl (C=O) groups excluding carboxylic acids is 9. The predicted molar refractivity (Wildman–Crippen MR) is 341 cm³/mol. The van der Waals surface area contributed by atoms with Crippen molar-refractivity contribution < 1.29 is 71.6 Å². The number of aryl methyl sites for hydroxylation is 1. The number of methoxy groups -OCH3 is 2. The topological polar surface area (TPSA) is 246 Å². The van der Waals surface area contributed by atoms with E-state index in [0.717, 1.165) is 22.4 Å². The highest BCUT2D eigenvalue weighted by atomic mass is 16.5. The first-order chi connectivity index (χ1) is 43.3. The average molecular weight is 1250 g/mol. The van der Waals surface area contributed by atoms with Crippen molar-refractivity contribution >= 4 is 63.9 Å². The van der Waals surface area contributed by atoms with Crippen molar-refractivity contribution in [1.29, 1.82) is 0 Å². The van der Waals surface area contributed by atoms with Gasteiger partial charge in [-0.25, -0.2) is 9.59 Å². The molecule has 486 valence electrons. The van der Waals surface area contributed by atoms with Crippen LogP contribution in [0.15, 0.2) is 127 Å². The molecule has 1 fully saturated rings. The molecule has 21 heteroatoms. The summed E-state index contributed by atoms with van der Waals surface area (Å²) in [6.45, 7) is 8.67. The van der Waals surface area contributed by atoms with Crippen LogP contribution in [-0.4, -0.2) is 171 Å². The lowest BCUT2D eigenvalue weighted by Gasteiger charge is -2.36. The normalized spacial score (nSPS) is 22.4.